The summed E-state index contributed by atoms with van der Waals surface area (Å²) >= 11 is 0. The summed E-state index contributed by atoms with van der Waals surface area (Å²) in [6, 6.07) is 3.21. The van der Waals surface area contributed by atoms with Crippen LogP contribution in [-0.2, 0) is 6.42 Å². The van der Waals surface area contributed by atoms with Crippen molar-refractivity contribution in [3.63, 3.8) is 0 Å². The Balaban J connectivity index is 1.63. The highest BCUT2D eigenvalue weighted by atomic mass is 19.2. The first-order valence-electron chi connectivity index (χ1n) is 8.04. The molecule has 2 aliphatic rings. The Morgan fingerprint density at radius 3 is 2.43 bits per heavy atom. The quantitative estimate of drug-likeness (QED) is 0.679. The summed E-state index contributed by atoms with van der Waals surface area (Å²) in [5, 5.41) is 0. The molecular formula is C18H22F2O. The summed E-state index contributed by atoms with van der Waals surface area (Å²) in [6.45, 7) is 0. The van der Waals surface area contributed by atoms with E-state index in [1.54, 1.807) is 12.1 Å². The second-order valence-corrected chi connectivity index (χ2v) is 6.20. The number of halogens is 2. The molecule has 1 nitrogen and oxygen atoms in total. The molecule has 0 N–H and O–H groups in total. The first-order valence-corrected chi connectivity index (χ1v) is 8.04. The van der Waals surface area contributed by atoms with Crippen molar-refractivity contribution in [2.24, 2.45) is 5.92 Å². The van der Waals surface area contributed by atoms with Gasteiger partial charge in [-0.25, -0.2) is 4.39 Å². The maximum atomic E-state index is 14.0. The highest BCUT2D eigenvalue weighted by molar-refractivity contribution is 5.32. The number of hydrogen-bond donors (Lipinski definition) is 0. The molecule has 2 saturated carbocycles. The fourth-order valence-corrected chi connectivity index (χ4v) is 3.03. The van der Waals surface area contributed by atoms with Crippen LogP contribution in [0, 0.1) is 17.6 Å². The lowest BCUT2D eigenvalue weighted by atomic mass is 9.96. The number of hydrogen-bond acceptors (Lipinski definition) is 1. The van der Waals surface area contributed by atoms with Gasteiger partial charge < -0.3 is 4.74 Å². The minimum atomic E-state index is -0.839. The van der Waals surface area contributed by atoms with Crippen LogP contribution < -0.4 is 4.74 Å². The van der Waals surface area contributed by atoms with Crippen LogP contribution in [-0.4, -0.2) is 6.10 Å². The zero-order valence-electron chi connectivity index (χ0n) is 12.3. The lowest BCUT2D eigenvalue weighted by Crippen LogP contribution is -2.25. The average Bonchev–Trinajstić information content (AvgIpc) is 2.94. The molecule has 0 spiro atoms. The SMILES string of the molecule is Fc1c(C/C=C/C2CCCC2)ccc(OC2CCC2)c1F. The Kier molecular flexibility index (Phi) is 4.57. The van der Waals surface area contributed by atoms with Crippen molar-refractivity contribution in [2.45, 2.75) is 57.5 Å². The van der Waals surface area contributed by atoms with E-state index in [9.17, 15) is 8.78 Å². The lowest BCUT2D eigenvalue weighted by molar-refractivity contribution is 0.114. The Bertz CT molecular complexity index is 514. The largest absolute Gasteiger partial charge is 0.487 e. The predicted octanol–water partition coefficient (Wildman–Crippen LogP) is 5.19. The third kappa shape index (κ3) is 3.45. The van der Waals surface area contributed by atoms with Crippen LogP contribution in [0.3, 0.4) is 0 Å². The van der Waals surface area contributed by atoms with E-state index in [0.29, 0.717) is 17.9 Å². The van der Waals surface area contributed by atoms with Crippen molar-refractivity contribution in [1.82, 2.24) is 0 Å². The Morgan fingerprint density at radius 1 is 1.00 bits per heavy atom. The van der Waals surface area contributed by atoms with Crippen LogP contribution in [0.5, 0.6) is 5.75 Å². The van der Waals surface area contributed by atoms with Gasteiger partial charge >= 0.3 is 0 Å². The molecule has 2 fully saturated rings. The van der Waals surface area contributed by atoms with Crippen LogP contribution in [0.2, 0.25) is 0 Å². The Morgan fingerprint density at radius 2 is 1.76 bits per heavy atom. The summed E-state index contributed by atoms with van der Waals surface area (Å²) in [7, 11) is 0. The first-order chi connectivity index (χ1) is 10.2. The van der Waals surface area contributed by atoms with Crippen molar-refractivity contribution in [3.05, 3.63) is 41.5 Å². The minimum Gasteiger partial charge on any atom is -0.487 e. The highest BCUT2D eigenvalue weighted by Gasteiger charge is 2.22. The van der Waals surface area contributed by atoms with Crippen molar-refractivity contribution in [3.8, 4) is 5.75 Å². The molecule has 1 aromatic carbocycles. The molecule has 1 aromatic rings. The molecule has 0 bridgehead atoms. The van der Waals surface area contributed by atoms with Gasteiger partial charge in [-0.3, -0.25) is 0 Å². The second-order valence-electron chi connectivity index (χ2n) is 6.20. The zero-order chi connectivity index (χ0) is 14.7. The molecule has 21 heavy (non-hydrogen) atoms. The van der Waals surface area contributed by atoms with Gasteiger partial charge in [0.1, 0.15) is 0 Å². The van der Waals surface area contributed by atoms with Gasteiger partial charge in [0.2, 0.25) is 5.82 Å². The van der Waals surface area contributed by atoms with Gasteiger partial charge in [-0.05, 0) is 56.1 Å². The van der Waals surface area contributed by atoms with Crippen molar-refractivity contribution in [1.29, 1.82) is 0 Å². The van der Waals surface area contributed by atoms with E-state index in [1.165, 1.54) is 25.7 Å². The third-order valence-corrected chi connectivity index (χ3v) is 4.62. The summed E-state index contributed by atoms with van der Waals surface area (Å²) in [6.07, 6.45) is 12.6. The molecule has 0 heterocycles. The maximum absolute atomic E-state index is 14.0. The van der Waals surface area contributed by atoms with Crippen molar-refractivity contribution < 1.29 is 13.5 Å². The summed E-state index contributed by atoms with van der Waals surface area (Å²) in [5.74, 6) is -0.920. The monoisotopic (exact) mass is 292 g/mol. The van der Waals surface area contributed by atoms with Crippen LogP contribution in [0.4, 0.5) is 8.78 Å². The fourth-order valence-electron chi connectivity index (χ4n) is 3.03. The second kappa shape index (κ2) is 6.59. The third-order valence-electron chi connectivity index (χ3n) is 4.62. The van der Waals surface area contributed by atoms with Gasteiger partial charge in [-0.15, -0.1) is 0 Å². The number of ether oxygens (including phenoxy) is 1. The van der Waals surface area contributed by atoms with Crippen LogP contribution in [0.25, 0.3) is 0 Å². The summed E-state index contributed by atoms with van der Waals surface area (Å²) in [4.78, 5) is 0. The number of benzene rings is 1. The van der Waals surface area contributed by atoms with Gasteiger partial charge in [0.25, 0.3) is 0 Å². The average molecular weight is 292 g/mol. The predicted molar refractivity (Wildman–Crippen MR) is 79.4 cm³/mol. The van der Waals surface area contributed by atoms with Gasteiger partial charge in [0.15, 0.2) is 11.6 Å². The number of allylic oxidation sites excluding steroid dienone is 2. The lowest BCUT2D eigenvalue weighted by Gasteiger charge is -2.26. The Labute approximate surface area is 125 Å². The molecule has 0 radical (unpaired) electrons. The maximum Gasteiger partial charge on any atom is 0.200 e. The first kappa shape index (κ1) is 14.6. The molecule has 0 atom stereocenters. The molecule has 3 heteroatoms. The molecule has 2 aliphatic carbocycles. The van der Waals surface area contributed by atoms with Crippen LogP contribution in [0.15, 0.2) is 24.3 Å². The standard InChI is InChI=1S/C18H22F2O/c19-17-14(8-3-7-13-5-1-2-6-13)11-12-16(18(17)20)21-15-9-4-10-15/h3,7,11-13,15H,1-2,4-6,8-10H2/b7-3+. The molecule has 0 amide bonds. The normalized spacial score (nSPS) is 20.1. The van der Waals surface area contributed by atoms with Crippen LogP contribution in [0.1, 0.15) is 50.5 Å². The molecule has 114 valence electrons. The molecule has 0 aromatic heterocycles. The van der Waals surface area contributed by atoms with E-state index >= 15 is 0 Å². The van der Waals surface area contributed by atoms with Gasteiger partial charge in [-0.2, -0.15) is 4.39 Å². The molecule has 0 saturated heterocycles. The van der Waals surface area contributed by atoms with Gasteiger partial charge in [-0.1, -0.05) is 31.1 Å². The van der Waals surface area contributed by atoms with E-state index in [4.69, 9.17) is 4.74 Å². The van der Waals surface area contributed by atoms with Gasteiger partial charge in [0, 0.05) is 0 Å². The molecule has 0 unspecified atom stereocenters. The smallest absolute Gasteiger partial charge is 0.200 e. The highest BCUT2D eigenvalue weighted by Crippen LogP contribution is 2.30. The van der Waals surface area contributed by atoms with Crippen molar-refractivity contribution in [2.75, 3.05) is 0 Å². The van der Waals surface area contributed by atoms with Crippen molar-refractivity contribution >= 4 is 0 Å². The topological polar surface area (TPSA) is 9.23 Å². The zero-order valence-corrected chi connectivity index (χ0v) is 12.3. The van der Waals surface area contributed by atoms with E-state index in [1.807, 2.05) is 6.08 Å². The fraction of sp³-hybridized carbons (Fsp3) is 0.556. The molecule has 0 aliphatic heterocycles. The van der Waals surface area contributed by atoms with E-state index < -0.39 is 11.6 Å². The summed E-state index contributed by atoms with van der Waals surface area (Å²) < 4.78 is 33.5. The minimum absolute atomic E-state index is 0.0562. The summed E-state index contributed by atoms with van der Waals surface area (Å²) in [5.41, 5.74) is 0.405. The van der Waals surface area contributed by atoms with E-state index in [0.717, 1.165) is 19.3 Å². The van der Waals surface area contributed by atoms with E-state index in [-0.39, 0.29) is 11.9 Å². The Hall–Kier alpha value is -1.38. The molecule has 3 rings (SSSR count). The van der Waals surface area contributed by atoms with E-state index in [2.05, 4.69) is 6.08 Å². The molecular weight excluding hydrogens is 270 g/mol. The van der Waals surface area contributed by atoms with Crippen LogP contribution >= 0.6 is 0 Å². The number of rotatable bonds is 5. The van der Waals surface area contributed by atoms with Gasteiger partial charge in [0.05, 0.1) is 6.10 Å².